The van der Waals surface area contributed by atoms with E-state index >= 15 is 0 Å². The van der Waals surface area contributed by atoms with E-state index < -0.39 is 0 Å². The molecule has 7 atom stereocenters. The molecule has 3 saturated carbocycles. The van der Waals surface area contributed by atoms with Gasteiger partial charge in [-0.15, -0.1) is 0 Å². The topological polar surface area (TPSA) is 17.1 Å². The molecule has 0 amide bonds. The van der Waals surface area contributed by atoms with E-state index in [0.717, 1.165) is 6.42 Å². The van der Waals surface area contributed by atoms with Crippen molar-refractivity contribution in [3.05, 3.63) is 23.8 Å². The highest BCUT2D eigenvalue weighted by molar-refractivity contribution is 5.94. The van der Waals surface area contributed by atoms with Gasteiger partial charge in [-0.3, -0.25) is 4.79 Å². The zero-order valence-corrected chi connectivity index (χ0v) is 25.3. The van der Waals surface area contributed by atoms with Gasteiger partial charge in [-0.25, -0.2) is 0 Å². The van der Waals surface area contributed by atoms with E-state index in [4.69, 9.17) is 0 Å². The minimum absolute atomic E-state index is 0.0841. The van der Waals surface area contributed by atoms with Crippen molar-refractivity contribution in [3.8, 4) is 0 Å². The van der Waals surface area contributed by atoms with Gasteiger partial charge in [0.2, 0.25) is 0 Å². The molecule has 0 aromatic carbocycles. The maximum atomic E-state index is 13.6. The van der Waals surface area contributed by atoms with Gasteiger partial charge in [0.05, 0.1) is 0 Å². The van der Waals surface area contributed by atoms with Crippen LogP contribution in [0.4, 0.5) is 0 Å². The summed E-state index contributed by atoms with van der Waals surface area (Å²) in [5, 5.41) is 0. The molecule has 3 fully saturated rings. The van der Waals surface area contributed by atoms with Gasteiger partial charge in [0, 0.05) is 5.92 Å². The van der Waals surface area contributed by atoms with Crippen molar-refractivity contribution in [3.63, 3.8) is 0 Å². The summed E-state index contributed by atoms with van der Waals surface area (Å²) in [6.45, 7) is 29.4. The van der Waals surface area contributed by atoms with Gasteiger partial charge in [-0.2, -0.15) is 0 Å². The highest BCUT2D eigenvalue weighted by Crippen LogP contribution is 2.77. The summed E-state index contributed by atoms with van der Waals surface area (Å²) in [7, 11) is 0. The fourth-order valence-corrected chi connectivity index (χ4v) is 9.11. The number of hydrogen-bond donors (Lipinski definition) is 0. The average molecular weight is 481 g/mol. The van der Waals surface area contributed by atoms with E-state index in [1.165, 1.54) is 38.5 Å². The van der Waals surface area contributed by atoms with Crippen LogP contribution >= 0.6 is 0 Å². The zero-order chi connectivity index (χ0) is 26.5. The van der Waals surface area contributed by atoms with Crippen LogP contribution in [-0.4, -0.2) is 5.78 Å². The van der Waals surface area contributed by atoms with Crippen molar-refractivity contribution in [2.24, 2.45) is 55.7 Å². The van der Waals surface area contributed by atoms with Gasteiger partial charge in [0.25, 0.3) is 0 Å². The molecule has 1 nitrogen and oxygen atoms in total. The first kappa shape index (κ1) is 27.2. The first-order valence-corrected chi connectivity index (χ1v) is 14.7. The highest BCUT2D eigenvalue weighted by atomic mass is 16.1. The van der Waals surface area contributed by atoms with Crippen LogP contribution in [0.1, 0.15) is 128 Å². The Hall–Kier alpha value is -0.850. The number of rotatable bonds is 3. The molecule has 198 valence electrons. The van der Waals surface area contributed by atoms with Gasteiger partial charge in [0.1, 0.15) is 0 Å². The van der Waals surface area contributed by atoms with Gasteiger partial charge in [0.15, 0.2) is 5.78 Å². The highest BCUT2D eigenvalue weighted by Gasteiger charge is 2.69. The largest absolute Gasteiger partial charge is 0.295 e. The molecule has 4 aliphatic rings. The third kappa shape index (κ3) is 3.55. The second-order valence-corrected chi connectivity index (χ2v) is 16.6. The van der Waals surface area contributed by atoms with Crippen LogP contribution in [0.25, 0.3) is 0 Å². The fourth-order valence-electron chi connectivity index (χ4n) is 9.11. The summed E-state index contributed by atoms with van der Waals surface area (Å²) >= 11 is 0. The van der Waals surface area contributed by atoms with Crippen LogP contribution in [0, 0.1) is 55.7 Å². The molecule has 1 unspecified atom stereocenters. The number of hydrogen-bond acceptors (Lipinski definition) is 1. The van der Waals surface area contributed by atoms with E-state index in [-0.39, 0.29) is 43.8 Å². The smallest absolute Gasteiger partial charge is 0.159 e. The van der Waals surface area contributed by atoms with Crippen LogP contribution in [0.15, 0.2) is 23.8 Å². The zero-order valence-electron chi connectivity index (χ0n) is 25.3. The second-order valence-electron chi connectivity index (χ2n) is 16.6. The van der Waals surface area contributed by atoms with Crippen LogP contribution in [0.5, 0.6) is 0 Å². The minimum Gasteiger partial charge on any atom is -0.295 e. The summed E-state index contributed by atoms with van der Waals surface area (Å²) in [6, 6.07) is 0. The van der Waals surface area contributed by atoms with Gasteiger partial charge in [-0.05, 0) is 94.3 Å². The molecule has 35 heavy (non-hydrogen) atoms. The fraction of sp³-hybridized carbons (Fsp3) is 0.853. The maximum Gasteiger partial charge on any atom is 0.159 e. The molecule has 0 aromatic rings. The number of carbonyl (C=O) groups excluding carboxylic acids is 1. The van der Waals surface area contributed by atoms with Gasteiger partial charge >= 0.3 is 0 Å². The average Bonchev–Trinajstić information content (AvgIpc) is 2.96. The standard InChI is InChI=1S/C34H56O/c1-23-13-15-31(9)24-14-16-34(12)32(10,25(24)22-27(35)26(31)21-23)19-20-33(34,11)30(7,8)18-17-29(5,6)28(2,3)4/h17-18,22-24,26H,13-16,19-21H2,1-12H3/b18-17+/t23-,24?,26+,31+,32-,33+,34-/m0/s1. The SMILES string of the molecule is C[C@H]1CC[C@]2(C)C3CC[C@@]4(C)[C@@](C)(CC[C@]4(C)C(C)(C)/C=C/C(C)(C)C(C)(C)C)C3=CC(=O)[C@H]2C1. The molecule has 4 aliphatic carbocycles. The summed E-state index contributed by atoms with van der Waals surface area (Å²) in [6.07, 6.45) is 15.9. The number of fused-ring (bicyclic) bond motifs is 5. The lowest BCUT2D eigenvalue weighted by Crippen LogP contribution is -2.57. The van der Waals surface area contributed by atoms with E-state index in [1.807, 2.05) is 0 Å². The Morgan fingerprint density at radius 3 is 2.06 bits per heavy atom. The van der Waals surface area contributed by atoms with Gasteiger partial charge in [-0.1, -0.05) is 107 Å². The van der Waals surface area contributed by atoms with Crippen molar-refractivity contribution in [2.75, 3.05) is 0 Å². The third-order valence-electron chi connectivity index (χ3n) is 13.8. The molecular formula is C34H56O. The Labute approximate surface area is 218 Å². The Kier molecular flexibility index (Phi) is 6.08. The quantitative estimate of drug-likeness (QED) is 0.367. The summed E-state index contributed by atoms with van der Waals surface area (Å²) in [5.74, 6) is 1.99. The third-order valence-corrected chi connectivity index (χ3v) is 13.8. The number of carbonyl (C=O) groups is 1. The second kappa shape index (κ2) is 7.83. The first-order chi connectivity index (χ1) is 15.8. The van der Waals surface area contributed by atoms with Crippen LogP contribution in [0.3, 0.4) is 0 Å². The van der Waals surface area contributed by atoms with Crippen LogP contribution in [0.2, 0.25) is 0 Å². The molecule has 0 radical (unpaired) electrons. The van der Waals surface area contributed by atoms with Crippen molar-refractivity contribution in [1.82, 2.24) is 0 Å². The summed E-state index contributed by atoms with van der Waals surface area (Å²) < 4.78 is 0. The molecule has 0 saturated heterocycles. The Balaban J connectivity index is 1.74. The predicted molar refractivity (Wildman–Crippen MR) is 150 cm³/mol. The molecule has 0 N–H and O–H groups in total. The van der Waals surface area contributed by atoms with Gasteiger partial charge < -0.3 is 0 Å². The lowest BCUT2D eigenvalue weighted by Gasteiger charge is -2.64. The molecule has 4 rings (SSSR count). The van der Waals surface area contributed by atoms with Crippen molar-refractivity contribution < 1.29 is 4.79 Å². The van der Waals surface area contributed by atoms with E-state index in [9.17, 15) is 4.79 Å². The van der Waals surface area contributed by atoms with E-state index in [1.54, 1.807) is 5.57 Å². The molecular weight excluding hydrogens is 424 g/mol. The monoisotopic (exact) mass is 480 g/mol. The maximum absolute atomic E-state index is 13.6. The number of allylic oxidation sites excluding steroid dienone is 4. The van der Waals surface area contributed by atoms with E-state index in [2.05, 4.69) is 101 Å². The predicted octanol–water partition coefficient (Wildman–Crippen LogP) is 9.82. The van der Waals surface area contributed by atoms with Crippen molar-refractivity contribution >= 4 is 5.78 Å². The lowest BCUT2D eigenvalue weighted by atomic mass is 9.40. The molecule has 1 heteroatoms. The summed E-state index contributed by atoms with van der Waals surface area (Å²) in [4.78, 5) is 13.6. The minimum atomic E-state index is 0.0841. The Bertz CT molecular complexity index is 940. The van der Waals surface area contributed by atoms with Crippen LogP contribution in [-0.2, 0) is 4.79 Å². The molecule has 0 aromatic heterocycles. The molecule has 0 aliphatic heterocycles. The summed E-state index contributed by atoms with van der Waals surface area (Å²) in [5.41, 5.74) is 2.65. The molecule has 0 spiro atoms. The number of ketones is 1. The normalized spacial score (nSPS) is 44.6. The Morgan fingerprint density at radius 2 is 1.46 bits per heavy atom. The first-order valence-electron chi connectivity index (χ1n) is 14.7. The Morgan fingerprint density at radius 1 is 0.829 bits per heavy atom. The molecule has 0 heterocycles. The van der Waals surface area contributed by atoms with Crippen molar-refractivity contribution in [2.45, 2.75) is 128 Å². The molecule has 0 bridgehead atoms. The lowest BCUT2D eigenvalue weighted by molar-refractivity contribution is -0.134. The van der Waals surface area contributed by atoms with E-state index in [0.29, 0.717) is 17.6 Å². The van der Waals surface area contributed by atoms with Crippen molar-refractivity contribution in [1.29, 1.82) is 0 Å². The van der Waals surface area contributed by atoms with Crippen LogP contribution < -0.4 is 0 Å².